The Morgan fingerprint density at radius 1 is 0.451 bits per heavy atom. The van der Waals surface area contributed by atoms with Gasteiger partial charge in [0, 0.05) is 44.0 Å². The summed E-state index contributed by atoms with van der Waals surface area (Å²) in [6, 6.07) is 60.7. The number of benzene rings is 8. The SMILES string of the molecule is c1ccc(C2NN=C(c3ccc(-n4c5ccccc5c5cc(-n6c7ccc8ccccc8c7c7c8ccccc8ccc76)ccc54)cc3)O2)cc1. The Morgan fingerprint density at radius 2 is 1.00 bits per heavy atom. The molecule has 1 aliphatic heterocycles. The fourth-order valence-corrected chi connectivity index (χ4v) is 8.14. The highest BCUT2D eigenvalue weighted by Gasteiger charge is 2.23. The molecule has 11 rings (SSSR count). The van der Waals surface area contributed by atoms with Crippen LogP contribution in [0.2, 0.25) is 0 Å². The number of para-hydroxylation sites is 1. The molecular formula is C46H30N4O. The van der Waals surface area contributed by atoms with Crippen molar-refractivity contribution in [3.8, 4) is 11.4 Å². The number of aromatic nitrogens is 2. The fraction of sp³-hybridized carbons (Fsp3) is 0.0217. The summed E-state index contributed by atoms with van der Waals surface area (Å²) in [5.74, 6) is 0.592. The number of nitrogens with zero attached hydrogens (tertiary/aromatic N) is 3. The van der Waals surface area contributed by atoms with Gasteiger partial charge in [-0.25, -0.2) is 0 Å². The van der Waals surface area contributed by atoms with Crippen molar-refractivity contribution in [1.82, 2.24) is 14.6 Å². The van der Waals surface area contributed by atoms with E-state index in [4.69, 9.17) is 4.74 Å². The van der Waals surface area contributed by atoms with Crippen LogP contribution in [0.15, 0.2) is 175 Å². The Kier molecular flexibility index (Phi) is 5.95. The van der Waals surface area contributed by atoms with Gasteiger partial charge in [0.05, 0.1) is 22.1 Å². The van der Waals surface area contributed by atoms with Crippen LogP contribution in [0.4, 0.5) is 0 Å². The van der Waals surface area contributed by atoms with Crippen molar-refractivity contribution in [3.05, 3.63) is 181 Å². The maximum absolute atomic E-state index is 6.19. The number of ether oxygens (including phenoxy) is 1. The minimum Gasteiger partial charge on any atom is -0.446 e. The molecule has 0 aliphatic carbocycles. The molecule has 0 spiro atoms. The van der Waals surface area contributed by atoms with Crippen molar-refractivity contribution >= 4 is 71.1 Å². The standard InChI is InChI=1S/C46H30N4O/c1-2-12-31(13-3-1)45-47-48-46(51-45)32-18-22-33(23-19-32)49-39-17-9-8-16-37(39)38-28-34(24-27-40(38)49)50-41-25-20-29-10-4-6-14-35(29)43(41)44-36-15-7-5-11-30(36)21-26-42(44)50/h1-28,45,47H. The lowest BCUT2D eigenvalue weighted by Crippen LogP contribution is -2.12. The monoisotopic (exact) mass is 654 g/mol. The molecule has 1 unspecified atom stereocenters. The van der Waals surface area contributed by atoms with Gasteiger partial charge in [-0.1, -0.05) is 109 Å². The third kappa shape index (κ3) is 4.18. The van der Waals surface area contributed by atoms with E-state index in [1.165, 1.54) is 54.1 Å². The molecule has 0 saturated carbocycles. The third-order valence-corrected chi connectivity index (χ3v) is 10.4. The van der Waals surface area contributed by atoms with E-state index in [1.54, 1.807) is 0 Å². The van der Waals surface area contributed by atoms with Gasteiger partial charge in [0.25, 0.3) is 0 Å². The molecule has 0 saturated heterocycles. The van der Waals surface area contributed by atoms with Crippen LogP contribution < -0.4 is 5.43 Å². The summed E-state index contributed by atoms with van der Waals surface area (Å²) in [7, 11) is 0. The molecule has 3 heterocycles. The lowest BCUT2D eigenvalue weighted by molar-refractivity contribution is 0.192. The predicted molar refractivity (Wildman–Crippen MR) is 210 cm³/mol. The van der Waals surface area contributed by atoms with Crippen molar-refractivity contribution in [1.29, 1.82) is 0 Å². The van der Waals surface area contributed by atoms with Crippen LogP contribution in [0.25, 0.3) is 76.5 Å². The van der Waals surface area contributed by atoms with Gasteiger partial charge in [-0.15, -0.1) is 5.10 Å². The normalized spacial score (nSPS) is 14.5. The summed E-state index contributed by atoms with van der Waals surface area (Å²) < 4.78 is 11.0. The number of nitrogens with one attached hydrogen (secondary N) is 1. The number of rotatable bonds is 4. The van der Waals surface area contributed by atoms with Gasteiger partial charge in [-0.3, -0.25) is 5.43 Å². The highest BCUT2D eigenvalue weighted by atomic mass is 16.5. The van der Waals surface area contributed by atoms with Crippen LogP contribution in [0.1, 0.15) is 17.4 Å². The van der Waals surface area contributed by atoms with Crippen molar-refractivity contribution < 1.29 is 4.74 Å². The lowest BCUT2D eigenvalue weighted by Gasteiger charge is -2.12. The van der Waals surface area contributed by atoms with E-state index in [-0.39, 0.29) is 6.23 Å². The Morgan fingerprint density at radius 3 is 1.71 bits per heavy atom. The quantitative estimate of drug-likeness (QED) is 0.205. The molecule has 5 nitrogen and oxygen atoms in total. The highest BCUT2D eigenvalue weighted by Crippen LogP contribution is 2.42. The molecule has 2 aromatic heterocycles. The maximum atomic E-state index is 6.19. The average molecular weight is 655 g/mol. The molecule has 0 amide bonds. The minimum atomic E-state index is -0.292. The van der Waals surface area contributed by atoms with Crippen LogP contribution in [-0.2, 0) is 4.74 Å². The molecular weight excluding hydrogens is 625 g/mol. The molecule has 0 radical (unpaired) electrons. The zero-order chi connectivity index (χ0) is 33.5. The van der Waals surface area contributed by atoms with Crippen LogP contribution in [0.5, 0.6) is 0 Å². The molecule has 5 heteroatoms. The first-order valence-electron chi connectivity index (χ1n) is 17.3. The first-order chi connectivity index (χ1) is 25.3. The van der Waals surface area contributed by atoms with Crippen molar-refractivity contribution in [2.45, 2.75) is 6.23 Å². The van der Waals surface area contributed by atoms with Gasteiger partial charge < -0.3 is 13.9 Å². The van der Waals surface area contributed by atoms with Gasteiger partial charge >= 0.3 is 0 Å². The molecule has 240 valence electrons. The first kappa shape index (κ1) is 28.0. The average Bonchev–Trinajstić information content (AvgIpc) is 3.92. The third-order valence-electron chi connectivity index (χ3n) is 10.4. The van der Waals surface area contributed by atoms with Gasteiger partial charge in [0.15, 0.2) is 0 Å². The van der Waals surface area contributed by atoms with E-state index >= 15 is 0 Å². The van der Waals surface area contributed by atoms with E-state index in [9.17, 15) is 0 Å². The summed E-state index contributed by atoms with van der Waals surface area (Å²) in [6.07, 6.45) is -0.292. The number of hydrogen-bond acceptors (Lipinski definition) is 3. The maximum Gasteiger partial charge on any atom is 0.240 e. The molecule has 0 bridgehead atoms. The summed E-state index contributed by atoms with van der Waals surface area (Å²) in [4.78, 5) is 0. The minimum absolute atomic E-state index is 0.292. The second kappa shape index (κ2) is 10.8. The van der Waals surface area contributed by atoms with Gasteiger partial charge in [0.1, 0.15) is 0 Å². The molecule has 10 aromatic rings. The molecule has 1 aliphatic rings. The van der Waals surface area contributed by atoms with Crippen molar-refractivity contribution in [2.75, 3.05) is 0 Å². The second-order valence-electron chi connectivity index (χ2n) is 13.3. The second-order valence-corrected chi connectivity index (χ2v) is 13.3. The Labute approximate surface area is 293 Å². The lowest BCUT2D eigenvalue weighted by atomic mass is 10.00. The Bertz CT molecular complexity index is 2930. The van der Waals surface area contributed by atoms with E-state index in [2.05, 4.69) is 159 Å². The van der Waals surface area contributed by atoms with Crippen LogP contribution >= 0.6 is 0 Å². The number of hydrazone groups is 1. The van der Waals surface area contributed by atoms with Crippen LogP contribution in [0.3, 0.4) is 0 Å². The number of hydrogen-bond donors (Lipinski definition) is 1. The van der Waals surface area contributed by atoms with E-state index in [1.807, 2.05) is 30.3 Å². The van der Waals surface area contributed by atoms with Crippen molar-refractivity contribution in [3.63, 3.8) is 0 Å². The number of fused-ring (bicyclic) bond motifs is 10. The van der Waals surface area contributed by atoms with Crippen LogP contribution in [-0.4, -0.2) is 15.0 Å². The summed E-state index contributed by atoms with van der Waals surface area (Å²) in [5.41, 5.74) is 12.1. The molecule has 0 fully saturated rings. The zero-order valence-corrected chi connectivity index (χ0v) is 27.5. The van der Waals surface area contributed by atoms with Crippen molar-refractivity contribution in [2.24, 2.45) is 5.10 Å². The largest absolute Gasteiger partial charge is 0.446 e. The Hall–Kier alpha value is -6.85. The van der Waals surface area contributed by atoms with Gasteiger partial charge in [0.2, 0.25) is 12.1 Å². The van der Waals surface area contributed by atoms with Crippen LogP contribution in [0, 0.1) is 0 Å². The first-order valence-corrected chi connectivity index (χ1v) is 17.3. The predicted octanol–water partition coefficient (Wildman–Crippen LogP) is 11.2. The highest BCUT2D eigenvalue weighted by molar-refractivity contribution is 6.28. The molecule has 1 N–H and O–H groups in total. The Balaban J connectivity index is 1.07. The van der Waals surface area contributed by atoms with E-state index < -0.39 is 0 Å². The summed E-state index contributed by atoms with van der Waals surface area (Å²) in [6.45, 7) is 0. The zero-order valence-electron chi connectivity index (χ0n) is 27.5. The van der Waals surface area contributed by atoms with E-state index in [0.29, 0.717) is 5.90 Å². The van der Waals surface area contributed by atoms with E-state index in [0.717, 1.165) is 33.5 Å². The topological polar surface area (TPSA) is 43.5 Å². The molecule has 51 heavy (non-hydrogen) atoms. The molecule has 1 atom stereocenters. The smallest absolute Gasteiger partial charge is 0.240 e. The summed E-state index contributed by atoms with van der Waals surface area (Å²) >= 11 is 0. The van der Waals surface area contributed by atoms with Gasteiger partial charge in [-0.2, -0.15) is 0 Å². The summed E-state index contributed by atoms with van der Waals surface area (Å²) in [5, 5.41) is 14.6. The van der Waals surface area contributed by atoms with Gasteiger partial charge in [-0.05, 0) is 82.2 Å². The molecule has 8 aromatic carbocycles. The fourth-order valence-electron chi connectivity index (χ4n) is 8.14.